The molecule has 10 aliphatic heterocycles. The van der Waals surface area contributed by atoms with Crippen molar-refractivity contribution in [3.05, 3.63) is 120 Å². The van der Waals surface area contributed by atoms with Crippen molar-refractivity contribution in [2.75, 3.05) is 241 Å². The zero-order valence-corrected chi connectivity index (χ0v) is 79.4. The van der Waals surface area contributed by atoms with Crippen LogP contribution in [0.2, 0.25) is 0 Å². The van der Waals surface area contributed by atoms with Gasteiger partial charge in [0, 0.05) is 143 Å². The lowest BCUT2D eigenvalue weighted by Crippen LogP contribution is -2.56. The largest absolute Gasteiger partial charge is 0.490 e. The molecule has 0 bridgehead atoms. The number of amides is 10. The number of carbonyl (C=O) groups excluding carboxylic acids is 10. The maximum atomic E-state index is 14.5. The molecular weight excluding hydrogens is 1830 g/mol. The van der Waals surface area contributed by atoms with Gasteiger partial charge in [0.15, 0.2) is 57.8 Å². The molecule has 764 valence electrons. The molecule has 8 atom stereocenters. The fourth-order valence-corrected chi connectivity index (χ4v) is 16.4. The van der Waals surface area contributed by atoms with E-state index in [2.05, 4.69) is 74.0 Å². The summed E-state index contributed by atoms with van der Waals surface area (Å²) >= 11 is 0. The van der Waals surface area contributed by atoms with Gasteiger partial charge in [-0.25, -0.2) is 45.9 Å². The lowest BCUT2D eigenvalue weighted by molar-refractivity contribution is -0.120. The van der Waals surface area contributed by atoms with Crippen molar-refractivity contribution >= 4 is 88.4 Å². The molecule has 0 aromatic heterocycles. The van der Waals surface area contributed by atoms with Crippen LogP contribution in [0.25, 0.3) is 0 Å². The normalized spacial score (nSPS) is 21.3. The van der Waals surface area contributed by atoms with Gasteiger partial charge in [-0.05, 0) is 169 Å². The smallest absolute Gasteiger partial charge is 0.414 e. The second-order valence-electron chi connectivity index (χ2n) is 35.4. The van der Waals surface area contributed by atoms with Gasteiger partial charge >= 0.3 is 30.5 Å². The summed E-state index contributed by atoms with van der Waals surface area (Å²) in [5.41, 5.74) is 1.78. The topological polar surface area (TPSA) is 459 Å². The number of nitrogens with one attached hydrogen (secondary N) is 13. The van der Waals surface area contributed by atoms with Crippen molar-refractivity contribution in [2.24, 2.45) is 17.3 Å². The number of aliphatic hydroxyl groups excluding tert-OH is 1. The molecule has 10 aliphatic rings. The summed E-state index contributed by atoms with van der Waals surface area (Å²) in [5.74, 6) is -1.67. The zero-order chi connectivity index (χ0) is 99.3. The second kappa shape index (κ2) is 54.6. The number of piperazine rings is 1. The molecule has 10 amide bonds. The van der Waals surface area contributed by atoms with Crippen LogP contribution >= 0.6 is 0 Å². The van der Waals surface area contributed by atoms with E-state index in [1.165, 1.54) is 133 Å². The maximum absolute atomic E-state index is 14.5. The van der Waals surface area contributed by atoms with Crippen molar-refractivity contribution in [1.29, 1.82) is 0 Å². The molecule has 10 saturated heterocycles. The molecule has 10 fully saturated rings. The number of nitrogens with zero attached hydrogens (tertiary/aromatic N) is 6. The fraction of sp³-hybridized carbons (Fsp3) is 0.574. The van der Waals surface area contributed by atoms with Gasteiger partial charge in [-0.15, -0.1) is 0 Å². The number of carbonyl (C=O) groups is 10. The van der Waals surface area contributed by atoms with E-state index in [1.54, 1.807) is 30.3 Å². The van der Waals surface area contributed by atoms with Crippen molar-refractivity contribution in [3.63, 3.8) is 0 Å². The molecule has 1 unspecified atom stereocenters. The van der Waals surface area contributed by atoms with E-state index in [0.29, 0.717) is 111 Å². The van der Waals surface area contributed by atoms with Gasteiger partial charge in [-0.2, -0.15) is 0 Å². The van der Waals surface area contributed by atoms with Crippen LogP contribution < -0.4 is 117 Å². The summed E-state index contributed by atoms with van der Waals surface area (Å²) in [6.45, 7) is 25.7. The monoisotopic (exact) mass is 1960 g/mol. The van der Waals surface area contributed by atoms with Gasteiger partial charge in [-0.3, -0.25) is 48.5 Å². The summed E-state index contributed by atoms with van der Waals surface area (Å²) in [7, 11) is 2.04. The highest BCUT2D eigenvalue weighted by Crippen LogP contribution is 2.36. The maximum Gasteiger partial charge on any atom is 0.414 e. The summed E-state index contributed by atoms with van der Waals surface area (Å²) in [4.78, 5) is 124. The number of ether oxygens (including phenoxy) is 10. The fourth-order valence-electron chi connectivity index (χ4n) is 16.4. The molecule has 14 N–H and O–H groups in total. The quantitative estimate of drug-likeness (QED) is 0.0147. The number of likely N-dealkylation sites (N-methyl/N-ethyl adjacent to an activating group) is 1. The lowest BCUT2D eigenvalue weighted by atomic mass is 9.77. The first-order chi connectivity index (χ1) is 66.9. The molecule has 0 radical (unpaired) electrons. The molecule has 10 heterocycles. The molecule has 15 rings (SSSR count). The molecule has 5 aromatic rings. The van der Waals surface area contributed by atoms with E-state index in [0.717, 1.165) is 104 Å². The average molecular weight is 1960 g/mol. The van der Waals surface area contributed by atoms with Gasteiger partial charge in [0.1, 0.15) is 50.3 Å². The van der Waals surface area contributed by atoms with Gasteiger partial charge in [-0.1, -0.05) is 0 Å². The van der Waals surface area contributed by atoms with E-state index in [-0.39, 0.29) is 136 Å². The van der Waals surface area contributed by atoms with E-state index in [1.807, 2.05) is 7.05 Å². The standard InChI is InChI=1S/C20H29FN4O4.C20H28FN3O5.C19H27FN4O4.C18H25FN4O4.C17H23FN4O4/c1-14(26)23-11-17-13-25(20(27)29-17)16-3-4-19(18(21)9-16)28-8-7-24(2)12-15-5-6-22-10-15;1-14(26)23-11-16-12-24(19(27)29-16)15-2-3-18(17(21)10-15)28-9-6-20(13-25)4-7-22-8-5-20;1-13(25)23-11-16-12-24(19(26)28-16)15-2-3-18(17(20)8-15)27-7-6-22-10-14-4-5-21-9-14;1-12(24)22-10-15-11-23(18(25)27-15)14-2-3-17(16(19)8-14)26-7-4-13-9-20-5-6-21-13;1-11(23)21-9-14-10-22(17(24)26-14)13-2-3-16(15(18)6-13)25-5-4-20-12-7-19-8-12/h3-4,9,15,17,22H,5-8,10-13H2,1-2H3,(H,23,26);2-3,10,16,22,25H,4-9,11-13H2,1H3,(H,23,26);2-3,8,14,16,21-22H,4-7,9-12H2,1H3,(H,23,25);2-3,8,13,15,20-21H,4-7,9-11H2,1H3,(H,22,24);2-3,6,12,14,19-20H,4-5,7-10H2,1H3,(H,21,23)/t15-,17-;16-;14-,16-;13?,15-;14-/m00000/s1. The highest BCUT2D eigenvalue weighted by Gasteiger charge is 2.40. The molecule has 45 heteroatoms. The number of benzene rings is 5. The molecule has 40 nitrogen and oxygen atoms in total. The number of aliphatic hydroxyl groups is 1. The van der Waals surface area contributed by atoms with E-state index in [4.69, 9.17) is 47.4 Å². The van der Waals surface area contributed by atoms with Crippen molar-refractivity contribution in [2.45, 2.75) is 116 Å². The molecule has 0 saturated carbocycles. The van der Waals surface area contributed by atoms with Crippen LogP contribution in [-0.4, -0.2) is 329 Å². The van der Waals surface area contributed by atoms with Crippen LogP contribution in [0.5, 0.6) is 28.7 Å². The van der Waals surface area contributed by atoms with Crippen LogP contribution in [-0.2, 0) is 47.7 Å². The van der Waals surface area contributed by atoms with E-state index in [9.17, 15) is 75.0 Å². The average Bonchev–Trinajstić information content (AvgIpc) is 1.72. The van der Waals surface area contributed by atoms with E-state index < -0.39 is 90.1 Å². The summed E-state index contributed by atoms with van der Waals surface area (Å²) in [6, 6.07) is 22.7. The van der Waals surface area contributed by atoms with Crippen molar-refractivity contribution in [1.82, 2.24) is 74.0 Å². The van der Waals surface area contributed by atoms with Crippen molar-refractivity contribution < 1.29 is 122 Å². The molecular formula is C94H132F5N19O21. The Morgan fingerprint density at radius 2 is 0.755 bits per heavy atom. The molecule has 139 heavy (non-hydrogen) atoms. The third-order valence-corrected chi connectivity index (χ3v) is 24.3. The molecule has 5 aromatic carbocycles. The Labute approximate surface area is 804 Å². The summed E-state index contributed by atoms with van der Waals surface area (Å²) in [5, 5.41) is 49.1. The first-order valence-electron chi connectivity index (χ1n) is 47.2. The van der Waals surface area contributed by atoms with Crippen molar-refractivity contribution in [3.8, 4) is 28.7 Å². The van der Waals surface area contributed by atoms with Crippen LogP contribution in [0, 0.1) is 46.3 Å². The Hall–Kier alpha value is -12.0. The van der Waals surface area contributed by atoms with Crippen LogP contribution in [0.15, 0.2) is 91.0 Å². The van der Waals surface area contributed by atoms with Crippen LogP contribution in [0.1, 0.15) is 73.1 Å². The van der Waals surface area contributed by atoms with Gasteiger partial charge in [0.25, 0.3) is 0 Å². The van der Waals surface area contributed by atoms with Crippen LogP contribution in [0.4, 0.5) is 74.4 Å². The SMILES string of the molecule is CC(=O)NC[C@H]1CN(c2ccc(OCCC3(CO)CCNCC3)c(F)c2)C(=O)O1.CC(=O)NC[C@H]1CN(c2ccc(OCCC3CNCCN3)c(F)c2)C(=O)O1.CC(=O)NC[C@H]1CN(c2ccc(OCCN(C)C[C@H]3CCNC3)c(F)c2)C(=O)O1.CC(=O)NC[C@H]1CN(c2ccc(OCCNC3CNC3)c(F)c2)C(=O)O1.CC(=O)NC[C@H]1CN(c2ccc(OCCNC[C@H]3CCNC3)c(F)c2)C(=O)O1. The minimum Gasteiger partial charge on any atom is -0.490 e. The lowest BCUT2D eigenvalue weighted by Gasteiger charge is -2.35. The van der Waals surface area contributed by atoms with Gasteiger partial charge in [0.2, 0.25) is 29.5 Å². The first kappa shape index (κ1) is 107. The third kappa shape index (κ3) is 34.5. The second-order valence-corrected chi connectivity index (χ2v) is 35.4. The summed E-state index contributed by atoms with van der Waals surface area (Å²) < 4.78 is 126. The Morgan fingerprint density at radius 3 is 1.08 bits per heavy atom. The minimum atomic E-state index is -0.579. The Bertz CT molecular complexity index is 4880. The third-order valence-electron chi connectivity index (χ3n) is 24.3. The zero-order valence-electron chi connectivity index (χ0n) is 79.4. The highest BCUT2D eigenvalue weighted by atomic mass is 19.1. The van der Waals surface area contributed by atoms with Crippen LogP contribution in [0.3, 0.4) is 0 Å². The number of halogens is 5. The molecule has 0 spiro atoms. The number of cyclic esters (lactones) is 5. The van der Waals surface area contributed by atoms with E-state index >= 15 is 0 Å². The highest BCUT2D eigenvalue weighted by molar-refractivity contribution is 5.93. The number of hydrogen-bond acceptors (Lipinski definition) is 30. The predicted octanol–water partition coefficient (Wildman–Crippen LogP) is 4.33. The number of anilines is 5. The first-order valence-corrected chi connectivity index (χ1v) is 47.2. The minimum absolute atomic E-state index is 0.0934. The Kier molecular flexibility index (Phi) is 42.2. The number of rotatable bonds is 41. The van der Waals surface area contributed by atoms with Gasteiger partial charge < -0.3 is 126 Å². The molecule has 0 aliphatic carbocycles. The Morgan fingerprint density at radius 1 is 0.410 bits per heavy atom. The predicted molar refractivity (Wildman–Crippen MR) is 503 cm³/mol. The van der Waals surface area contributed by atoms with Gasteiger partial charge in [0.05, 0.1) is 107 Å². The number of hydrogen-bond donors (Lipinski definition) is 14. The number of piperidine rings is 1. The Balaban J connectivity index is 0.000000166. The summed E-state index contributed by atoms with van der Waals surface area (Å²) in [6.07, 6.45) is 0.367.